The van der Waals surface area contributed by atoms with Crippen molar-refractivity contribution in [3.63, 3.8) is 0 Å². The van der Waals surface area contributed by atoms with E-state index in [-0.39, 0.29) is 0 Å². The molecule has 0 aliphatic rings. The molecule has 0 spiro atoms. The fourth-order valence-electron chi connectivity index (χ4n) is 0.871. The van der Waals surface area contributed by atoms with Gasteiger partial charge in [-0.05, 0) is 12.0 Å². The Morgan fingerprint density at radius 2 is 1.83 bits per heavy atom. The molecule has 0 saturated heterocycles. The predicted molar refractivity (Wildman–Crippen MR) is 61.7 cm³/mol. The first-order valence-corrected chi connectivity index (χ1v) is 5.62. The van der Waals surface area contributed by atoms with E-state index in [1.54, 1.807) is 0 Å². The van der Waals surface area contributed by atoms with E-state index in [9.17, 15) is 0 Å². The summed E-state index contributed by atoms with van der Waals surface area (Å²) in [5.41, 5.74) is 1.25. The summed E-state index contributed by atoms with van der Waals surface area (Å²) in [5.74, 6) is 0. The number of halogens is 2. The molecule has 1 aromatic carbocycles. The number of benzene rings is 1. The van der Waals surface area contributed by atoms with Gasteiger partial charge in [-0.25, -0.2) is 0 Å². The van der Waals surface area contributed by atoms with Crippen LogP contribution in [0.15, 0.2) is 36.4 Å². The molecule has 0 amide bonds. The van der Waals surface area contributed by atoms with E-state index in [4.69, 9.17) is 0 Å². The summed E-state index contributed by atoms with van der Waals surface area (Å²) >= 11 is 6.83. The molecule has 0 N–H and O–H groups in total. The zero-order valence-corrected chi connectivity index (χ0v) is 9.75. The summed E-state index contributed by atoms with van der Waals surface area (Å²) in [6, 6.07) is 10.3. The molecule has 0 unspecified atom stereocenters. The second kappa shape index (κ2) is 5.55. The Labute approximate surface area is 89.9 Å². The van der Waals surface area contributed by atoms with Crippen molar-refractivity contribution in [2.75, 3.05) is 0 Å². The van der Waals surface area contributed by atoms with Gasteiger partial charge in [0, 0.05) is 0 Å². The van der Waals surface area contributed by atoms with Crippen LogP contribution < -0.4 is 0 Å². The number of alkyl halides is 2. The molecule has 0 fully saturated rings. The van der Waals surface area contributed by atoms with Crippen LogP contribution in [0.5, 0.6) is 0 Å². The Hall–Kier alpha value is -0.0800. The van der Waals surface area contributed by atoms with Crippen LogP contribution >= 0.6 is 31.9 Å². The molecule has 0 atom stereocenters. The largest absolute Gasteiger partial charge is 0.0820 e. The zero-order valence-electron chi connectivity index (χ0n) is 6.58. The first-order chi connectivity index (χ1) is 5.79. The number of rotatable bonds is 3. The Bertz CT molecular complexity index is 239. The summed E-state index contributed by atoms with van der Waals surface area (Å²) in [6.45, 7) is 0. The lowest BCUT2D eigenvalue weighted by atomic mass is 10.2. The van der Waals surface area contributed by atoms with Crippen LogP contribution in [-0.4, -0.2) is 3.74 Å². The molecule has 0 bridgehead atoms. The maximum atomic E-state index is 3.41. The van der Waals surface area contributed by atoms with Crippen molar-refractivity contribution in [1.82, 2.24) is 0 Å². The van der Waals surface area contributed by atoms with Gasteiger partial charge in [0.1, 0.15) is 0 Å². The number of allylic oxidation sites excluding steroid dienone is 1. The number of hydrogen-bond acceptors (Lipinski definition) is 0. The summed E-state index contributed by atoms with van der Waals surface area (Å²) in [6.07, 6.45) is 5.26. The van der Waals surface area contributed by atoms with Crippen LogP contribution in [0, 0.1) is 0 Å². The van der Waals surface area contributed by atoms with E-state index in [0.717, 1.165) is 6.42 Å². The van der Waals surface area contributed by atoms with Crippen molar-refractivity contribution in [3.05, 3.63) is 42.0 Å². The summed E-state index contributed by atoms with van der Waals surface area (Å²) in [5, 5.41) is 0. The van der Waals surface area contributed by atoms with Crippen molar-refractivity contribution in [2.24, 2.45) is 0 Å². The molecule has 0 heterocycles. The molecule has 0 aliphatic heterocycles. The van der Waals surface area contributed by atoms with E-state index in [1.165, 1.54) is 5.56 Å². The molecule has 1 rings (SSSR count). The molecule has 0 aromatic heterocycles. The molecular formula is C10H10Br2. The highest BCUT2D eigenvalue weighted by Crippen LogP contribution is 2.13. The average molecular weight is 290 g/mol. The third-order valence-electron chi connectivity index (χ3n) is 1.42. The van der Waals surface area contributed by atoms with Gasteiger partial charge in [0.2, 0.25) is 0 Å². The highest BCUT2D eigenvalue weighted by molar-refractivity contribution is 9.24. The average Bonchev–Trinajstić information content (AvgIpc) is 2.05. The van der Waals surface area contributed by atoms with Gasteiger partial charge in [0.05, 0.1) is 3.74 Å². The highest BCUT2D eigenvalue weighted by Gasteiger charge is 1.91. The minimum absolute atomic E-state index is 0.380. The molecule has 0 radical (unpaired) electrons. The lowest BCUT2D eigenvalue weighted by Crippen LogP contribution is -1.78. The van der Waals surface area contributed by atoms with Gasteiger partial charge < -0.3 is 0 Å². The second-order valence-electron chi connectivity index (χ2n) is 2.44. The molecule has 0 nitrogen and oxygen atoms in total. The van der Waals surface area contributed by atoms with Gasteiger partial charge >= 0.3 is 0 Å². The van der Waals surface area contributed by atoms with Crippen LogP contribution in [0.25, 0.3) is 6.08 Å². The summed E-state index contributed by atoms with van der Waals surface area (Å²) in [4.78, 5) is 0. The molecule has 1 aromatic rings. The zero-order chi connectivity index (χ0) is 8.81. The number of hydrogen-bond donors (Lipinski definition) is 0. The third-order valence-corrected chi connectivity index (χ3v) is 2.17. The first-order valence-electron chi connectivity index (χ1n) is 3.79. The van der Waals surface area contributed by atoms with Gasteiger partial charge in [-0.1, -0.05) is 74.3 Å². The van der Waals surface area contributed by atoms with Gasteiger partial charge in [-0.3, -0.25) is 0 Å². The summed E-state index contributed by atoms with van der Waals surface area (Å²) in [7, 11) is 0. The minimum Gasteiger partial charge on any atom is -0.0820 e. The van der Waals surface area contributed by atoms with E-state index >= 15 is 0 Å². The van der Waals surface area contributed by atoms with Crippen molar-refractivity contribution in [3.8, 4) is 0 Å². The fourth-order valence-corrected chi connectivity index (χ4v) is 1.30. The second-order valence-corrected chi connectivity index (χ2v) is 5.88. The molecule has 0 aliphatic carbocycles. The van der Waals surface area contributed by atoms with E-state index in [0.29, 0.717) is 3.74 Å². The van der Waals surface area contributed by atoms with Crippen LogP contribution in [0.1, 0.15) is 12.0 Å². The van der Waals surface area contributed by atoms with Crippen LogP contribution in [0.4, 0.5) is 0 Å². The molecule has 12 heavy (non-hydrogen) atoms. The van der Waals surface area contributed by atoms with Crippen molar-refractivity contribution in [1.29, 1.82) is 0 Å². The Morgan fingerprint density at radius 3 is 2.42 bits per heavy atom. The molecule has 64 valence electrons. The first kappa shape index (κ1) is 10.0. The van der Waals surface area contributed by atoms with Gasteiger partial charge in [-0.2, -0.15) is 0 Å². The van der Waals surface area contributed by atoms with Crippen molar-refractivity contribution in [2.45, 2.75) is 10.2 Å². The smallest absolute Gasteiger partial charge is 0.0732 e. The monoisotopic (exact) mass is 288 g/mol. The lowest BCUT2D eigenvalue weighted by Gasteiger charge is -1.93. The fraction of sp³-hybridized carbons (Fsp3) is 0.200. The van der Waals surface area contributed by atoms with Crippen LogP contribution in [-0.2, 0) is 0 Å². The van der Waals surface area contributed by atoms with Crippen molar-refractivity contribution >= 4 is 37.9 Å². The normalized spacial score (nSPS) is 11.2. The van der Waals surface area contributed by atoms with Gasteiger partial charge in [0.25, 0.3) is 0 Å². The van der Waals surface area contributed by atoms with Gasteiger partial charge in [-0.15, -0.1) is 0 Å². The topological polar surface area (TPSA) is 0 Å². The Morgan fingerprint density at radius 1 is 1.17 bits per heavy atom. The maximum Gasteiger partial charge on any atom is 0.0732 e. The van der Waals surface area contributed by atoms with E-state index in [1.807, 2.05) is 18.2 Å². The third kappa shape index (κ3) is 4.07. The lowest BCUT2D eigenvalue weighted by molar-refractivity contribution is 1.22. The maximum absolute atomic E-state index is 3.41. The van der Waals surface area contributed by atoms with Crippen LogP contribution in [0.3, 0.4) is 0 Å². The van der Waals surface area contributed by atoms with E-state index < -0.39 is 0 Å². The predicted octanol–water partition coefficient (Wildman–Crippen LogP) is 4.21. The van der Waals surface area contributed by atoms with Gasteiger partial charge in [0.15, 0.2) is 0 Å². The minimum atomic E-state index is 0.380. The molecule has 0 saturated carbocycles. The molecular weight excluding hydrogens is 280 g/mol. The standard InChI is InChI=1S/C10H10Br2/c11-10(12)8-4-7-9-5-2-1-3-6-9/h1-7,10H,8H2. The summed E-state index contributed by atoms with van der Waals surface area (Å²) < 4.78 is 0.380. The van der Waals surface area contributed by atoms with E-state index in [2.05, 4.69) is 56.1 Å². The quantitative estimate of drug-likeness (QED) is 0.732. The van der Waals surface area contributed by atoms with Crippen molar-refractivity contribution < 1.29 is 0 Å². The Balaban J connectivity index is 2.47. The SMILES string of the molecule is BrC(Br)CC=Cc1ccccc1. The molecule has 2 heteroatoms. The van der Waals surface area contributed by atoms with Crippen LogP contribution in [0.2, 0.25) is 0 Å². The Kier molecular flexibility index (Phi) is 4.62. The highest BCUT2D eigenvalue weighted by atomic mass is 79.9.